The SMILES string of the molecule is CC1CCC(NC(C)(C)C)C1. The normalized spacial score (nSPS) is 32.7. The van der Waals surface area contributed by atoms with Crippen LogP contribution in [0, 0.1) is 5.92 Å². The maximum Gasteiger partial charge on any atom is 0.00991 e. The molecule has 0 aromatic rings. The van der Waals surface area contributed by atoms with Crippen molar-refractivity contribution in [3.8, 4) is 0 Å². The molecule has 1 aliphatic carbocycles. The predicted octanol–water partition coefficient (Wildman–Crippen LogP) is 2.56. The van der Waals surface area contributed by atoms with Gasteiger partial charge in [-0.3, -0.25) is 0 Å². The number of rotatable bonds is 1. The summed E-state index contributed by atoms with van der Waals surface area (Å²) in [5.74, 6) is 0.940. The van der Waals surface area contributed by atoms with E-state index in [4.69, 9.17) is 0 Å². The summed E-state index contributed by atoms with van der Waals surface area (Å²) in [6.07, 6.45) is 4.16. The van der Waals surface area contributed by atoms with E-state index in [1.807, 2.05) is 0 Å². The average molecular weight is 155 g/mol. The molecule has 1 aliphatic rings. The van der Waals surface area contributed by atoms with Gasteiger partial charge in [-0.15, -0.1) is 0 Å². The monoisotopic (exact) mass is 155 g/mol. The van der Waals surface area contributed by atoms with Crippen molar-refractivity contribution < 1.29 is 0 Å². The van der Waals surface area contributed by atoms with Crippen molar-refractivity contribution in [3.05, 3.63) is 0 Å². The Bertz CT molecular complexity index is 123. The summed E-state index contributed by atoms with van der Waals surface area (Å²) >= 11 is 0. The molecule has 2 unspecified atom stereocenters. The highest BCUT2D eigenvalue weighted by atomic mass is 15.0. The van der Waals surface area contributed by atoms with Crippen molar-refractivity contribution in [2.75, 3.05) is 0 Å². The summed E-state index contributed by atoms with van der Waals surface area (Å²) in [4.78, 5) is 0. The van der Waals surface area contributed by atoms with Gasteiger partial charge in [0, 0.05) is 11.6 Å². The smallest absolute Gasteiger partial charge is 0.00991 e. The summed E-state index contributed by atoms with van der Waals surface area (Å²) in [5, 5.41) is 3.65. The van der Waals surface area contributed by atoms with Gasteiger partial charge < -0.3 is 5.32 Å². The fraction of sp³-hybridized carbons (Fsp3) is 1.00. The maximum absolute atomic E-state index is 3.65. The van der Waals surface area contributed by atoms with Gasteiger partial charge in [0.05, 0.1) is 0 Å². The van der Waals surface area contributed by atoms with Gasteiger partial charge in [0.15, 0.2) is 0 Å². The number of hydrogen-bond donors (Lipinski definition) is 1. The zero-order chi connectivity index (χ0) is 8.48. The summed E-state index contributed by atoms with van der Waals surface area (Å²) in [6, 6.07) is 0.782. The van der Waals surface area contributed by atoms with Crippen molar-refractivity contribution in [2.24, 2.45) is 5.92 Å². The Labute approximate surface area is 70.6 Å². The Morgan fingerprint density at radius 2 is 1.82 bits per heavy atom. The van der Waals surface area contributed by atoms with Crippen LogP contribution in [0.15, 0.2) is 0 Å². The van der Waals surface area contributed by atoms with E-state index >= 15 is 0 Å². The molecule has 1 nitrogen and oxygen atoms in total. The summed E-state index contributed by atoms with van der Waals surface area (Å²) in [6.45, 7) is 9.09. The van der Waals surface area contributed by atoms with E-state index in [9.17, 15) is 0 Å². The van der Waals surface area contributed by atoms with E-state index in [2.05, 4.69) is 33.0 Å². The summed E-state index contributed by atoms with van der Waals surface area (Å²) in [5.41, 5.74) is 0.300. The number of hydrogen-bond acceptors (Lipinski definition) is 1. The van der Waals surface area contributed by atoms with E-state index in [-0.39, 0.29) is 0 Å². The van der Waals surface area contributed by atoms with Gasteiger partial charge >= 0.3 is 0 Å². The van der Waals surface area contributed by atoms with Crippen molar-refractivity contribution in [1.82, 2.24) is 5.32 Å². The summed E-state index contributed by atoms with van der Waals surface area (Å²) in [7, 11) is 0. The first-order valence-electron chi connectivity index (χ1n) is 4.75. The first kappa shape index (κ1) is 9.05. The molecule has 0 aromatic carbocycles. The molecule has 0 heterocycles. The second-order valence-electron chi connectivity index (χ2n) is 5.01. The minimum atomic E-state index is 0.300. The van der Waals surface area contributed by atoms with Gasteiger partial charge in [0.25, 0.3) is 0 Å². The molecule has 1 N–H and O–H groups in total. The van der Waals surface area contributed by atoms with E-state index in [0.29, 0.717) is 5.54 Å². The van der Waals surface area contributed by atoms with Crippen LogP contribution in [-0.4, -0.2) is 11.6 Å². The lowest BCUT2D eigenvalue weighted by Crippen LogP contribution is -2.42. The van der Waals surface area contributed by atoms with Crippen LogP contribution < -0.4 is 5.32 Å². The van der Waals surface area contributed by atoms with Gasteiger partial charge in [-0.05, 0) is 46.0 Å². The second-order valence-corrected chi connectivity index (χ2v) is 5.01. The van der Waals surface area contributed by atoms with Crippen LogP contribution in [0.4, 0.5) is 0 Å². The average Bonchev–Trinajstić information content (AvgIpc) is 2.10. The molecule has 0 spiro atoms. The van der Waals surface area contributed by atoms with Gasteiger partial charge in [0.2, 0.25) is 0 Å². The van der Waals surface area contributed by atoms with Crippen LogP contribution >= 0.6 is 0 Å². The molecule has 0 aromatic heterocycles. The molecule has 11 heavy (non-hydrogen) atoms. The molecule has 0 bridgehead atoms. The topological polar surface area (TPSA) is 12.0 Å². The van der Waals surface area contributed by atoms with Crippen molar-refractivity contribution in [3.63, 3.8) is 0 Å². The minimum Gasteiger partial charge on any atom is -0.309 e. The maximum atomic E-state index is 3.65. The van der Waals surface area contributed by atoms with E-state index < -0.39 is 0 Å². The molecule has 66 valence electrons. The third kappa shape index (κ3) is 3.24. The molecule has 1 rings (SSSR count). The van der Waals surface area contributed by atoms with Crippen molar-refractivity contribution in [2.45, 2.75) is 58.5 Å². The molecule has 1 heteroatoms. The lowest BCUT2D eigenvalue weighted by molar-refractivity contribution is 0.356. The molecule has 1 fully saturated rings. The summed E-state index contributed by atoms with van der Waals surface area (Å²) < 4.78 is 0. The highest BCUT2D eigenvalue weighted by molar-refractivity contribution is 4.83. The second kappa shape index (κ2) is 3.14. The van der Waals surface area contributed by atoms with E-state index in [0.717, 1.165) is 12.0 Å². The van der Waals surface area contributed by atoms with Gasteiger partial charge in [-0.1, -0.05) is 6.92 Å². The highest BCUT2D eigenvalue weighted by Crippen LogP contribution is 2.25. The van der Waals surface area contributed by atoms with Crippen LogP contribution in [0.2, 0.25) is 0 Å². The minimum absolute atomic E-state index is 0.300. The van der Waals surface area contributed by atoms with E-state index in [1.54, 1.807) is 0 Å². The third-order valence-corrected chi connectivity index (χ3v) is 2.33. The Kier molecular flexibility index (Phi) is 2.58. The molecular weight excluding hydrogens is 134 g/mol. The molecule has 1 saturated carbocycles. The van der Waals surface area contributed by atoms with Crippen LogP contribution in [0.25, 0.3) is 0 Å². The van der Waals surface area contributed by atoms with Crippen molar-refractivity contribution in [1.29, 1.82) is 0 Å². The Balaban J connectivity index is 2.29. The van der Waals surface area contributed by atoms with Gasteiger partial charge in [0.1, 0.15) is 0 Å². The fourth-order valence-corrected chi connectivity index (χ4v) is 1.95. The molecule has 0 radical (unpaired) electrons. The largest absolute Gasteiger partial charge is 0.309 e. The van der Waals surface area contributed by atoms with Crippen LogP contribution in [0.1, 0.15) is 47.0 Å². The molecular formula is C10H21N. The lowest BCUT2D eigenvalue weighted by Gasteiger charge is -2.25. The standard InChI is InChI=1S/C10H21N/c1-8-5-6-9(7-8)11-10(2,3)4/h8-9,11H,5-7H2,1-4H3. The fourth-order valence-electron chi connectivity index (χ4n) is 1.95. The van der Waals surface area contributed by atoms with Crippen LogP contribution in [0.3, 0.4) is 0 Å². The molecule has 0 amide bonds. The highest BCUT2D eigenvalue weighted by Gasteiger charge is 2.24. The Morgan fingerprint density at radius 3 is 2.18 bits per heavy atom. The third-order valence-electron chi connectivity index (χ3n) is 2.33. The first-order chi connectivity index (χ1) is 4.97. The Hall–Kier alpha value is -0.0400. The Morgan fingerprint density at radius 1 is 1.18 bits per heavy atom. The zero-order valence-corrected chi connectivity index (χ0v) is 8.28. The van der Waals surface area contributed by atoms with Gasteiger partial charge in [-0.25, -0.2) is 0 Å². The van der Waals surface area contributed by atoms with Crippen LogP contribution in [-0.2, 0) is 0 Å². The molecule has 0 aliphatic heterocycles. The molecule has 0 saturated heterocycles. The van der Waals surface area contributed by atoms with Crippen molar-refractivity contribution >= 4 is 0 Å². The van der Waals surface area contributed by atoms with Crippen LogP contribution in [0.5, 0.6) is 0 Å². The predicted molar refractivity (Wildman–Crippen MR) is 49.7 cm³/mol. The number of nitrogens with one attached hydrogen (secondary N) is 1. The quantitative estimate of drug-likeness (QED) is 0.613. The van der Waals surface area contributed by atoms with E-state index in [1.165, 1.54) is 19.3 Å². The first-order valence-corrected chi connectivity index (χ1v) is 4.75. The lowest BCUT2D eigenvalue weighted by atomic mass is 10.1. The zero-order valence-electron chi connectivity index (χ0n) is 8.28. The molecule has 2 atom stereocenters. The van der Waals surface area contributed by atoms with Gasteiger partial charge in [-0.2, -0.15) is 0 Å².